The van der Waals surface area contributed by atoms with Gasteiger partial charge in [0.1, 0.15) is 17.3 Å². The van der Waals surface area contributed by atoms with E-state index in [4.69, 9.17) is 9.47 Å². The maximum Gasteiger partial charge on any atom is 0.289 e. The molecular weight excluding hydrogens is 326 g/mol. The minimum atomic E-state index is -0.163. The summed E-state index contributed by atoms with van der Waals surface area (Å²) in [6, 6.07) is 9.04. The van der Waals surface area contributed by atoms with Crippen LogP contribution in [0.2, 0.25) is 0 Å². The highest BCUT2D eigenvalue weighted by atomic mass is 32.2. The molecule has 1 aromatic carbocycles. The number of benzene rings is 1. The fraction of sp³-hybridized carbons (Fsp3) is 0.118. The summed E-state index contributed by atoms with van der Waals surface area (Å²) in [7, 11) is 3.15. The Morgan fingerprint density at radius 2 is 1.79 bits per heavy atom. The van der Waals surface area contributed by atoms with Crippen LogP contribution in [0, 0.1) is 0 Å². The zero-order valence-electron chi connectivity index (χ0n) is 13.1. The molecule has 122 valence electrons. The molecule has 0 atom stereocenters. The van der Waals surface area contributed by atoms with Crippen molar-refractivity contribution in [1.82, 2.24) is 10.3 Å². The normalized spacial score (nSPS) is 17.2. The van der Waals surface area contributed by atoms with Gasteiger partial charge in [-0.15, -0.1) is 0 Å². The number of nitrogens with one attached hydrogen (secondary N) is 1. The van der Waals surface area contributed by atoms with Crippen molar-refractivity contribution < 1.29 is 14.3 Å². The lowest BCUT2D eigenvalue weighted by molar-refractivity contribution is 0.265. The van der Waals surface area contributed by atoms with Gasteiger partial charge in [-0.25, -0.2) is 4.99 Å². The Kier molecular flexibility index (Phi) is 4.81. The predicted octanol–water partition coefficient (Wildman–Crippen LogP) is 3.63. The van der Waals surface area contributed by atoms with E-state index in [1.165, 1.54) is 0 Å². The van der Waals surface area contributed by atoms with Crippen LogP contribution >= 0.6 is 11.8 Å². The second-order valence-electron chi connectivity index (χ2n) is 4.83. The minimum Gasteiger partial charge on any atom is -0.497 e. The van der Waals surface area contributed by atoms with E-state index in [0.29, 0.717) is 23.0 Å². The van der Waals surface area contributed by atoms with Crippen molar-refractivity contribution in [3.8, 4) is 11.5 Å². The highest BCUT2D eigenvalue weighted by Gasteiger charge is 2.23. The van der Waals surface area contributed by atoms with Gasteiger partial charge in [0.05, 0.1) is 24.8 Å². The van der Waals surface area contributed by atoms with E-state index in [-0.39, 0.29) is 5.24 Å². The van der Waals surface area contributed by atoms with E-state index in [2.05, 4.69) is 15.3 Å². The second kappa shape index (κ2) is 7.18. The van der Waals surface area contributed by atoms with Gasteiger partial charge in [-0.05, 0) is 35.5 Å². The summed E-state index contributed by atoms with van der Waals surface area (Å²) in [6.07, 6.45) is 5.29. The summed E-state index contributed by atoms with van der Waals surface area (Å²) >= 11 is 1.11. The molecule has 6 nitrogen and oxygen atoms in total. The van der Waals surface area contributed by atoms with Crippen LogP contribution < -0.4 is 14.8 Å². The molecule has 1 fully saturated rings. The number of amidine groups is 1. The maximum atomic E-state index is 11.8. The first kappa shape index (κ1) is 16.1. The van der Waals surface area contributed by atoms with Gasteiger partial charge >= 0.3 is 0 Å². The van der Waals surface area contributed by atoms with E-state index < -0.39 is 0 Å². The summed E-state index contributed by atoms with van der Waals surface area (Å²) in [5.74, 6) is 1.76. The first-order valence-electron chi connectivity index (χ1n) is 7.10. The summed E-state index contributed by atoms with van der Waals surface area (Å²) in [4.78, 5) is 21.0. The van der Waals surface area contributed by atoms with Crippen LogP contribution in [0.25, 0.3) is 6.08 Å². The van der Waals surface area contributed by atoms with E-state index >= 15 is 0 Å². The molecule has 0 saturated carbocycles. The molecule has 2 heterocycles. The van der Waals surface area contributed by atoms with Crippen molar-refractivity contribution in [3.05, 3.63) is 53.2 Å². The number of amides is 1. The zero-order chi connectivity index (χ0) is 16.9. The molecule has 2 aromatic rings. The second-order valence-corrected chi connectivity index (χ2v) is 5.85. The number of pyridine rings is 1. The Bertz CT molecular complexity index is 797. The van der Waals surface area contributed by atoms with Crippen LogP contribution in [0.3, 0.4) is 0 Å². The molecule has 1 aromatic heterocycles. The molecule has 0 bridgehead atoms. The number of nitrogens with zero attached hydrogens (tertiary/aromatic N) is 2. The fourth-order valence-corrected chi connectivity index (χ4v) is 2.85. The smallest absolute Gasteiger partial charge is 0.289 e. The van der Waals surface area contributed by atoms with E-state index in [1.807, 2.05) is 18.2 Å². The van der Waals surface area contributed by atoms with Crippen molar-refractivity contribution in [2.45, 2.75) is 0 Å². The van der Waals surface area contributed by atoms with Crippen LogP contribution in [0.5, 0.6) is 11.5 Å². The number of hydrogen-bond donors (Lipinski definition) is 1. The van der Waals surface area contributed by atoms with Crippen molar-refractivity contribution >= 4 is 34.6 Å². The van der Waals surface area contributed by atoms with Crippen LogP contribution in [0.1, 0.15) is 5.56 Å². The number of hydrogen-bond acceptors (Lipinski definition) is 6. The summed E-state index contributed by atoms with van der Waals surface area (Å²) in [6.45, 7) is 0. The van der Waals surface area contributed by atoms with Crippen molar-refractivity contribution in [1.29, 1.82) is 0 Å². The maximum absolute atomic E-state index is 11.8. The number of thioether (sulfide) groups is 1. The number of methoxy groups -OCH3 is 2. The third-order valence-corrected chi connectivity index (χ3v) is 4.06. The lowest BCUT2D eigenvalue weighted by atomic mass is 10.2. The number of aromatic nitrogens is 1. The average molecular weight is 341 g/mol. The van der Waals surface area contributed by atoms with E-state index in [0.717, 1.165) is 22.2 Å². The number of aliphatic imine (C=N–C) groups is 1. The SMILES string of the molecule is COc1cc(N=C2NC(=O)S/C2=C\c2ccncc2)cc(OC)c1. The van der Waals surface area contributed by atoms with Gasteiger partial charge in [-0.3, -0.25) is 9.78 Å². The van der Waals surface area contributed by atoms with Crippen LogP contribution in [-0.2, 0) is 0 Å². The number of ether oxygens (including phenoxy) is 2. The Balaban J connectivity index is 1.98. The lowest BCUT2D eigenvalue weighted by Crippen LogP contribution is -2.18. The van der Waals surface area contributed by atoms with Gasteiger partial charge in [0, 0.05) is 30.6 Å². The van der Waals surface area contributed by atoms with Gasteiger partial charge < -0.3 is 14.8 Å². The topological polar surface area (TPSA) is 72.8 Å². The van der Waals surface area contributed by atoms with Gasteiger partial charge in [0.2, 0.25) is 0 Å². The van der Waals surface area contributed by atoms with Gasteiger partial charge in [0.25, 0.3) is 5.24 Å². The highest BCUT2D eigenvalue weighted by molar-refractivity contribution is 8.18. The van der Waals surface area contributed by atoms with Crippen molar-refractivity contribution in [2.75, 3.05) is 14.2 Å². The highest BCUT2D eigenvalue weighted by Crippen LogP contribution is 2.31. The minimum absolute atomic E-state index is 0.163. The molecule has 0 spiro atoms. The number of carbonyl (C=O) groups excluding carboxylic acids is 1. The molecule has 0 unspecified atom stereocenters. The third-order valence-electron chi connectivity index (χ3n) is 3.24. The predicted molar refractivity (Wildman–Crippen MR) is 95.0 cm³/mol. The number of rotatable bonds is 4. The van der Waals surface area contributed by atoms with Crippen LogP contribution in [0.4, 0.5) is 10.5 Å². The van der Waals surface area contributed by atoms with Crippen molar-refractivity contribution in [2.24, 2.45) is 4.99 Å². The van der Waals surface area contributed by atoms with Crippen LogP contribution in [0.15, 0.2) is 52.6 Å². The lowest BCUT2D eigenvalue weighted by Gasteiger charge is -2.06. The molecule has 1 aliphatic rings. The molecular formula is C17H15N3O3S. The van der Waals surface area contributed by atoms with E-state index in [9.17, 15) is 4.79 Å². The molecule has 1 aliphatic heterocycles. The van der Waals surface area contributed by atoms with Crippen molar-refractivity contribution in [3.63, 3.8) is 0 Å². The molecule has 0 aliphatic carbocycles. The summed E-state index contributed by atoms with van der Waals surface area (Å²) in [5.41, 5.74) is 1.57. The summed E-state index contributed by atoms with van der Waals surface area (Å²) in [5, 5.41) is 2.59. The molecule has 24 heavy (non-hydrogen) atoms. The molecule has 3 rings (SSSR count). The Morgan fingerprint density at radius 1 is 1.12 bits per heavy atom. The fourth-order valence-electron chi connectivity index (χ4n) is 2.11. The van der Waals surface area contributed by atoms with Gasteiger partial charge in [-0.1, -0.05) is 0 Å². The molecule has 1 amide bonds. The Labute approximate surface area is 143 Å². The first-order valence-corrected chi connectivity index (χ1v) is 7.92. The van der Waals surface area contributed by atoms with Gasteiger partial charge in [0.15, 0.2) is 0 Å². The quantitative estimate of drug-likeness (QED) is 0.919. The van der Waals surface area contributed by atoms with Gasteiger partial charge in [-0.2, -0.15) is 0 Å². The zero-order valence-corrected chi connectivity index (χ0v) is 14.0. The van der Waals surface area contributed by atoms with E-state index in [1.54, 1.807) is 44.8 Å². The average Bonchev–Trinajstić information content (AvgIpc) is 2.94. The molecule has 0 radical (unpaired) electrons. The Morgan fingerprint density at radius 3 is 2.42 bits per heavy atom. The first-order chi connectivity index (χ1) is 11.7. The largest absolute Gasteiger partial charge is 0.497 e. The molecule has 1 N–H and O–H groups in total. The third kappa shape index (κ3) is 3.75. The Hall–Kier alpha value is -2.80. The number of carbonyl (C=O) groups is 1. The van der Waals surface area contributed by atoms with Crippen LogP contribution in [-0.4, -0.2) is 30.3 Å². The molecule has 1 saturated heterocycles. The standard InChI is InChI=1S/C17H15N3O3S/c1-22-13-8-12(9-14(10-13)23-2)19-16-15(24-17(21)20-16)7-11-3-5-18-6-4-11/h3-10H,1-2H3,(H,19,20,21)/b15-7-. The monoisotopic (exact) mass is 341 g/mol. The summed E-state index contributed by atoms with van der Waals surface area (Å²) < 4.78 is 10.5. The molecule has 7 heteroatoms.